The predicted molar refractivity (Wildman–Crippen MR) is 105 cm³/mol. The van der Waals surface area contributed by atoms with Gasteiger partial charge < -0.3 is 10.4 Å². The van der Waals surface area contributed by atoms with Gasteiger partial charge in [-0.25, -0.2) is 0 Å². The zero-order valence-corrected chi connectivity index (χ0v) is 15.7. The molecule has 0 saturated heterocycles. The molecule has 0 aromatic heterocycles. The summed E-state index contributed by atoms with van der Waals surface area (Å²) in [6, 6.07) is 14.6. The van der Waals surface area contributed by atoms with Gasteiger partial charge >= 0.3 is 0 Å². The number of hydrogen-bond acceptors (Lipinski definition) is 2. The Bertz CT molecular complexity index is 683. The highest BCUT2D eigenvalue weighted by molar-refractivity contribution is 6.30. The molecule has 3 heteroatoms. The molecule has 2 aromatic carbocycles. The molecule has 0 amide bonds. The molecule has 2 unspecified atom stereocenters. The van der Waals surface area contributed by atoms with E-state index in [0.29, 0.717) is 0 Å². The second-order valence-corrected chi connectivity index (χ2v) is 7.59. The number of aryl methyl sites for hydroxylation is 3. The molecule has 0 saturated carbocycles. The summed E-state index contributed by atoms with van der Waals surface area (Å²) in [4.78, 5) is 0. The molecule has 134 valence electrons. The summed E-state index contributed by atoms with van der Waals surface area (Å²) in [7, 11) is 0. The molecule has 0 aliphatic heterocycles. The van der Waals surface area contributed by atoms with Crippen LogP contribution in [0.15, 0.2) is 42.5 Å². The number of fused-ring (bicyclic) bond motifs is 1. The minimum atomic E-state index is -0.442. The van der Waals surface area contributed by atoms with E-state index in [4.69, 9.17) is 11.6 Å². The van der Waals surface area contributed by atoms with Crippen LogP contribution in [0.4, 0.5) is 0 Å². The summed E-state index contributed by atoms with van der Waals surface area (Å²) in [5.41, 5.74) is 5.25. The lowest BCUT2D eigenvalue weighted by molar-refractivity contribution is 0.136. The van der Waals surface area contributed by atoms with Crippen molar-refractivity contribution in [2.24, 2.45) is 0 Å². The van der Waals surface area contributed by atoms with E-state index >= 15 is 0 Å². The van der Waals surface area contributed by atoms with E-state index in [0.717, 1.165) is 42.8 Å². The van der Waals surface area contributed by atoms with Crippen molar-refractivity contribution in [2.75, 3.05) is 6.54 Å². The summed E-state index contributed by atoms with van der Waals surface area (Å²) in [5, 5.41) is 14.9. The number of unbranched alkanes of at least 4 members (excludes halogenated alkanes) is 1. The molecule has 0 bridgehead atoms. The summed E-state index contributed by atoms with van der Waals surface area (Å²) in [6.07, 6.45) is 6.45. The van der Waals surface area contributed by atoms with E-state index in [-0.39, 0.29) is 6.04 Å². The van der Waals surface area contributed by atoms with Gasteiger partial charge in [-0.1, -0.05) is 41.9 Å². The van der Waals surface area contributed by atoms with Crippen LogP contribution in [-0.2, 0) is 19.3 Å². The normalized spacial score (nSPS) is 15.8. The van der Waals surface area contributed by atoms with Gasteiger partial charge in [-0.2, -0.15) is 0 Å². The van der Waals surface area contributed by atoms with Crippen LogP contribution in [0, 0.1) is 0 Å². The second-order valence-electron chi connectivity index (χ2n) is 7.15. The van der Waals surface area contributed by atoms with Gasteiger partial charge in [0.25, 0.3) is 0 Å². The zero-order chi connectivity index (χ0) is 17.6. The Labute approximate surface area is 156 Å². The molecule has 0 fully saturated rings. The van der Waals surface area contributed by atoms with Crippen LogP contribution in [0.5, 0.6) is 0 Å². The first-order valence-corrected chi connectivity index (χ1v) is 9.79. The summed E-state index contributed by atoms with van der Waals surface area (Å²) < 4.78 is 0. The summed E-state index contributed by atoms with van der Waals surface area (Å²) >= 11 is 5.91. The SMILES string of the molecule is CC(NCCCCc1ccc(Cl)cc1)C(O)c1ccc2c(c1)CCC2. The Kier molecular flexibility index (Phi) is 6.52. The number of nitrogens with one attached hydrogen (secondary N) is 1. The highest BCUT2D eigenvalue weighted by Crippen LogP contribution is 2.26. The fourth-order valence-corrected chi connectivity index (χ4v) is 3.74. The van der Waals surface area contributed by atoms with E-state index in [1.165, 1.54) is 29.5 Å². The van der Waals surface area contributed by atoms with E-state index < -0.39 is 6.10 Å². The third-order valence-electron chi connectivity index (χ3n) is 5.21. The molecular formula is C22H28ClNO. The van der Waals surface area contributed by atoms with Crippen LogP contribution in [-0.4, -0.2) is 17.7 Å². The lowest BCUT2D eigenvalue weighted by atomic mass is 9.99. The van der Waals surface area contributed by atoms with E-state index in [1.54, 1.807) is 0 Å². The first kappa shape index (κ1) is 18.4. The van der Waals surface area contributed by atoms with E-state index in [2.05, 4.69) is 42.6 Å². The molecular weight excluding hydrogens is 330 g/mol. The Morgan fingerprint density at radius 1 is 1.04 bits per heavy atom. The first-order valence-electron chi connectivity index (χ1n) is 9.41. The summed E-state index contributed by atoms with van der Waals surface area (Å²) in [5.74, 6) is 0. The minimum absolute atomic E-state index is 0.0648. The van der Waals surface area contributed by atoms with Gasteiger partial charge in [0, 0.05) is 11.1 Å². The average molecular weight is 358 g/mol. The third kappa shape index (κ3) is 5.07. The molecule has 2 aromatic rings. The van der Waals surface area contributed by atoms with Crippen LogP contribution in [0.1, 0.15) is 54.5 Å². The molecule has 1 aliphatic carbocycles. The maximum absolute atomic E-state index is 10.6. The summed E-state index contributed by atoms with van der Waals surface area (Å²) in [6.45, 7) is 2.99. The van der Waals surface area contributed by atoms with Crippen molar-refractivity contribution < 1.29 is 5.11 Å². The number of aliphatic hydroxyl groups is 1. The number of hydrogen-bond donors (Lipinski definition) is 2. The zero-order valence-electron chi connectivity index (χ0n) is 15.0. The molecule has 2 N–H and O–H groups in total. The fourth-order valence-electron chi connectivity index (χ4n) is 3.61. The van der Waals surface area contributed by atoms with Crippen molar-refractivity contribution in [3.8, 4) is 0 Å². The molecule has 2 atom stereocenters. The van der Waals surface area contributed by atoms with Crippen LogP contribution < -0.4 is 5.32 Å². The molecule has 0 heterocycles. The van der Waals surface area contributed by atoms with E-state index in [9.17, 15) is 5.11 Å². The first-order chi connectivity index (χ1) is 12.1. The van der Waals surface area contributed by atoms with Gasteiger partial charge in [0.15, 0.2) is 0 Å². The topological polar surface area (TPSA) is 32.3 Å². The van der Waals surface area contributed by atoms with Gasteiger partial charge in [-0.05, 0) is 86.4 Å². The Morgan fingerprint density at radius 2 is 1.80 bits per heavy atom. The van der Waals surface area contributed by atoms with Crippen molar-refractivity contribution >= 4 is 11.6 Å². The predicted octanol–water partition coefficient (Wildman–Crippen LogP) is 4.86. The van der Waals surface area contributed by atoms with E-state index in [1.807, 2.05) is 12.1 Å². The van der Waals surface area contributed by atoms with Crippen LogP contribution in [0.25, 0.3) is 0 Å². The standard InChI is InChI=1S/C22H28ClNO/c1-16(22(25)20-11-10-18-6-4-7-19(18)15-20)24-14-3-2-5-17-8-12-21(23)13-9-17/h8-13,15-16,22,24-25H,2-7,14H2,1H3. The molecule has 3 rings (SSSR count). The quantitative estimate of drug-likeness (QED) is 0.661. The van der Waals surface area contributed by atoms with Crippen molar-refractivity contribution in [2.45, 2.75) is 57.6 Å². The lowest BCUT2D eigenvalue weighted by Gasteiger charge is -2.21. The van der Waals surface area contributed by atoms with Crippen molar-refractivity contribution in [1.29, 1.82) is 0 Å². The van der Waals surface area contributed by atoms with Crippen LogP contribution in [0.2, 0.25) is 5.02 Å². The lowest BCUT2D eigenvalue weighted by Crippen LogP contribution is -2.33. The molecule has 0 spiro atoms. The maximum atomic E-state index is 10.6. The van der Waals surface area contributed by atoms with Crippen molar-refractivity contribution in [3.05, 3.63) is 69.7 Å². The van der Waals surface area contributed by atoms with Gasteiger partial charge in [0.05, 0.1) is 6.10 Å². The number of aliphatic hydroxyl groups excluding tert-OH is 1. The Balaban J connectivity index is 1.40. The van der Waals surface area contributed by atoms with Gasteiger partial charge in [0.1, 0.15) is 0 Å². The molecule has 1 aliphatic rings. The number of halogens is 1. The monoisotopic (exact) mass is 357 g/mol. The molecule has 2 nitrogen and oxygen atoms in total. The minimum Gasteiger partial charge on any atom is -0.387 e. The van der Waals surface area contributed by atoms with Crippen LogP contribution >= 0.6 is 11.6 Å². The maximum Gasteiger partial charge on any atom is 0.0940 e. The third-order valence-corrected chi connectivity index (χ3v) is 5.46. The van der Waals surface area contributed by atoms with Gasteiger partial charge in [0.2, 0.25) is 0 Å². The molecule has 25 heavy (non-hydrogen) atoms. The number of rotatable bonds is 8. The van der Waals surface area contributed by atoms with Crippen molar-refractivity contribution in [3.63, 3.8) is 0 Å². The van der Waals surface area contributed by atoms with Crippen LogP contribution in [0.3, 0.4) is 0 Å². The highest BCUT2D eigenvalue weighted by Gasteiger charge is 2.18. The van der Waals surface area contributed by atoms with Crippen molar-refractivity contribution in [1.82, 2.24) is 5.32 Å². The Morgan fingerprint density at radius 3 is 2.60 bits per heavy atom. The fraction of sp³-hybridized carbons (Fsp3) is 0.455. The number of benzene rings is 2. The van der Waals surface area contributed by atoms with Gasteiger partial charge in [-0.15, -0.1) is 0 Å². The average Bonchev–Trinajstić information content (AvgIpc) is 3.10. The van der Waals surface area contributed by atoms with Gasteiger partial charge in [-0.3, -0.25) is 0 Å². The Hall–Kier alpha value is -1.35. The highest BCUT2D eigenvalue weighted by atomic mass is 35.5. The molecule has 0 radical (unpaired) electrons. The second kappa shape index (κ2) is 8.84. The smallest absolute Gasteiger partial charge is 0.0940 e. The largest absolute Gasteiger partial charge is 0.387 e.